The molecule has 0 saturated heterocycles. The lowest BCUT2D eigenvalue weighted by Gasteiger charge is -2.37. The van der Waals surface area contributed by atoms with Gasteiger partial charge in [0, 0.05) is 46.5 Å². The number of hydrogen-bond donors (Lipinski definition) is 1. The summed E-state index contributed by atoms with van der Waals surface area (Å²) in [5, 5.41) is 15.1. The molecule has 41 heavy (non-hydrogen) atoms. The van der Waals surface area contributed by atoms with E-state index >= 15 is 0 Å². The summed E-state index contributed by atoms with van der Waals surface area (Å²) < 4.78 is 21.8. The molecule has 11 heteroatoms. The second-order valence-electron chi connectivity index (χ2n) is 10.2. The van der Waals surface area contributed by atoms with Gasteiger partial charge in [0.15, 0.2) is 17.3 Å². The highest BCUT2D eigenvalue weighted by molar-refractivity contribution is 6.31. The Morgan fingerprint density at radius 2 is 1.83 bits per heavy atom. The average Bonchev–Trinajstić information content (AvgIpc) is 2.94. The van der Waals surface area contributed by atoms with E-state index in [9.17, 15) is 19.7 Å². The van der Waals surface area contributed by atoms with E-state index in [0.717, 1.165) is 5.56 Å². The first-order chi connectivity index (χ1) is 19.5. The van der Waals surface area contributed by atoms with Crippen molar-refractivity contribution in [2.45, 2.75) is 51.6 Å². The molecule has 2 aromatic carbocycles. The number of carbonyl (C=O) groups excluding carboxylic acids is 2. The molecule has 1 N–H and O–H groups in total. The number of Topliss-reactive ketones (excluding diaryl/α,β-unsaturated/α-hetero) is 1. The lowest BCUT2D eigenvalue weighted by atomic mass is 9.71. The SMILES string of the molecule is COc1ccc(C2CC(=O)C3=C(C2)NC(C)=C(C(=O)OCCOC(C)C)C3c2cc([N+](=O)[O-])ccc2Cl)cc1OC. The molecular weight excluding hydrogens is 552 g/mol. The Bertz CT molecular complexity index is 1430. The van der Waals surface area contributed by atoms with E-state index in [1.54, 1.807) is 27.2 Å². The molecule has 0 fully saturated rings. The van der Waals surface area contributed by atoms with E-state index < -0.39 is 16.8 Å². The van der Waals surface area contributed by atoms with Crippen molar-refractivity contribution in [3.63, 3.8) is 0 Å². The molecule has 2 aliphatic rings. The van der Waals surface area contributed by atoms with E-state index in [2.05, 4.69) is 5.32 Å². The van der Waals surface area contributed by atoms with Crippen LogP contribution in [0.2, 0.25) is 5.02 Å². The summed E-state index contributed by atoms with van der Waals surface area (Å²) in [6.45, 7) is 5.67. The largest absolute Gasteiger partial charge is 0.493 e. The molecule has 0 spiro atoms. The monoisotopic (exact) mass is 584 g/mol. The number of rotatable bonds is 10. The Morgan fingerprint density at radius 3 is 2.49 bits per heavy atom. The van der Waals surface area contributed by atoms with Crippen molar-refractivity contribution in [3.05, 3.63) is 85.2 Å². The summed E-state index contributed by atoms with van der Waals surface area (Å²) >= 11 is 6.58. The number of nitrogens with zero attached hydrogens (tertiary/aromatic N) is 1. The fourth-order valence-electron chi connectivity index (χ4n) is 5.32. The Balaban J connectivity index is 1.77. The van der Waals surface area contributed by atoms with Crippen LogP contribution in [0, 0.1) is 10.1 Å². The Morgan fingerprint density at radius 1 is 1.10 bits per heavy atom. The van der Waals surface area contributed by atoms with Crippen LogP contribution in [0.3, 0.4) is 0 Å². The zero-order valence-electron chi connectivity index (χ0n) is 23.6. The molecule has 0 aromatic heterocycles. The molecule has 0 bridgehead atoms. The third-order valence-corrected chi connectivity index (χ3v) is 7.54. The number of esters is 1. The zero-order valence-corrected chi connectivity index (χ0v) is 24.4. The molecule has 10 nitrogen and oxygen atoms in total. The van der Waals surface area contributed by atoms with Gasteiger partial charge >= 0.3 is 5.97 Å². The molecule has 0 amide bonds. The standard InChI is InChI=1S/C30H33ClN2O8/c1-16(2)40-10-11-41-30(35)27-17(3)32-23-12-19(18-6-9-25(38-4)26(14-18)39-5)13-24(34)29(23)28(27)21-15-20(33(36)37)7-8-22(21)31/h6-9,14-16,19,28,32H,10-13H2,1-5H3. The topological polar surface area (TPSA) is 126 Å². The predicted molar refractivity (Wildman–Crippen MR) is 152 cm³/mol. The second-order valence-corrected chi connectivity index (χ2v) is 10.6. The van der Waals surface area contributed by atoms with E-state index in [0.29, 0.717) is 34.9 Å². The number of nitro benzene ring substituents is 1. The fraction of sp³-hybridized carbons (Fsp3) is 0.400. The zero-order chi connectivity index (χ0) is 29.8. The van der Waals surface area contributed by atoms with Crippen molar-refractivity contribution in [3.8, 4) is 11.5 Å². The number of nitro groups is 1. The number of benzene rings is 2. The lowest BCUT2D eigenvalue weighted by molar-refractivity contribution is -0.384. The minimum atomic E-state index is -0.948. The molecule has 1 heterocycles. The van der Waals surface area contributed by atoms with Crippen molar-refractivity contribution >= 4 is 29.0 Å². The van der Waals surface area contributed by atoms with Gasteiger partial charge in [0.05, 0.1) is 37.4 Å². The van der Waals surface area contributed by atoms with Crippen LogP contribution >= 0.6 is 11.6 Å². The second kappa shape index (κ2) is 12.7. The highest BCUT2D eigenvalue weighted by atomic mass is 35.5. The number of halogens is 1. The number of allylic oxidation sites excluding steroid dienone is 3. The summed E-state index contributed by atoms with van der Waals surface area (Å²) in [6.07, 6.45) is 0.582. The van der Waals surface area contributed by atoms with Crippen molar-refractivity contribution in [2.24, 2.45) is 0 Å². The number of ether oxygens (including phenoxy) is 4. The molecule has 2 aromatic rings. The van der Waals surface area contributed by atoms with E-state index in [1.165, 1.54) is 18.2 Å². The van der Waals surface area contributed by atoms with E-state index in [1.807, 2.05) is 26.0 Å². The lowest BCUT2D eigenvalue weighted by Crippen LogP contribution is -2.36. The third-order valence-electron chi connectivity index (χ3n) is 7.20. The Kier molecular flexibility index (Phi) is 9.35. The van der Waals surface area contributed by atoms with Gasteiger partial charge in [0.1, 0.15) is 6.61 Å². The van der Waals surface area contributed by atoms with Gasteiger partial charge in [-0.2, -0.15) is 0 Å². The summed E-state index contributed by atoms with van der Waals surface area (Å²) in [5.74, 6) is -0.851. The summed E-state index contributed by atoms with van der Waals surface area (Å²) in [5.41, 5.74) is 2.61. The average molecular weight is 585 g/mol. The number of hydrogen-bond acceptors (Lipinski definition) is 9. The fourth-order valence-corrected chi connectivity index (χ4v) is 5.55. The van der Waals surface area contributed by atoms with Gasteiger partial charge in [-0.15, -0.1) is 0 Å². The maximum Gasteiger partial charge on any atom is 0.336 e. The molecule has 0 saturated carbocycles. The van der Waals surface area contributed by atoms with Crippen molar-refractivity contribution < 1.29 is 33.5 Å². The van der Waals surface area contributed by atoms with Crippen molar-refractivity contribution in [1.82, 2.24) is 5.32 Å². The van der Waals surface area contributed by atoms with Gasteiger partial charge in [-0.3, -0.25) is 14.9 Å². The number of carbonyl (C=O) groups is 2. The Hall–Kier alpha value is -3.89. The number of ketones is 1. The first kappa shape index (κ1) is 30.1. The van der Waals surface area contributed by atoms with Gasteiger partial charge in [-0.05, 0) is 62.4 Å². The molecule has 218 valence electrons. The quantitative estimate of drug-likeness (QED) is 0.164. The number of nitrogens with one attached hydrogen (secondary N) is 1. The molecule has 0 radical (unpaired) electrons. The van der Waals surface area contributed by atoms with Crippen molar-refractivity contribution in [1.29, 1.82) is 0 Å². The number of methoxy groups -OCH3 is 2. The van der Waals surface area contributed by atoms with Crippen LogP contribution in [0.25, 0.3) is 0 Å². The first-order valence-corrected chi connectivity index (χ1v) is 13.6. The summed E-state index contributed by atoms with van der Waals surface area (Å²) in [7, 11) is 3.10. The maximum absolute atomic E-state index is 13.9. The molecule has 1 aliphatic heterocycles. The molecule has 2 atom stereocenters. The third kappa shape index (κ3) is 6.39. The highest BCUT2D eigenvalue weighted by Gasteiger charge is 2.42. The predicted octanol–water partition coefficient (Wildman–Crippen LogP) is 5.60. The van der Waals surface area contributed by atoms with Crippen LogP contribution in [-0.2, 0) is 19.1 Å². The maximum atomic E-state index is 13.9. The van der Waals surface area contributed by atoms with Crippen molar-refractivity contribution in [2.75, 3.05) is 27.4 Å². The highest BCUT2D eigenvalue weighted by Crippen LogP contribution is 2.48. The molecule has 1 aliphatic carbocycles. The number of dihydropyridines is 1. The summed E-state index contributed by atoms with van der Waals surface area (Å²) in [4.78, 5) is 38.4. The van der Waals surface area contributed by atoms with Gasteiger partial charge in [0.2, 0.25) is 0 Å². The van der Waals surface area contributed by atoms with Gasteiger partial charge in [-0.1, -0.05) is 17.7 Å². The minimum Gasteiger partial charge on any atom is -0.493 e. The van der Waals surface area contributed by atoms with Gasteiger partial charge in [0.25, 0.3) is 5.69 Å². The van der Waals surface area contributed by atoms with Gasteiger partial charge < -0.3 is 24.3 Å². The van der Waals surface area contributed by atoms with Crippen LogP contribution in [0.15, 0.2) is 58.9 Å². The number of non-ortho nitro benzene ring substituents is 1. The normalized spacial score (nSPS) is 18.7. The van der Waals surface area contributed by atoms with Crippen LogP contribution in [-0.4, -0.2) is 50.2 Å². The van der Waals surface area contributed by atoms with E-state index in [-0.39, 0.29) is 59.3 Å². The molecule has 4 rings (SSSR count). The van der Waals surface area contributed by atoms with E-state index in [4.69, 9.17) is 30.5 Å². The first-order valence-electron chi connectivity index (χ1n) is 13.2. The minimum absolute atomic E-state index is 0.00438. The van der Waals surface area contributed by atoms with Crippen LogP contribution < -0.4 is 14.8 Å². The molecular formula is C30H33ClN2O8. The summed E-state index contributed by atoms with van der Waals surface area (Å²) in [6, 6.07) is 9.56. The Labute approximate surface area is 243 Å². The smallest absolute Gasteiger partial charge is 0.336 e. The van der Waals surface area contributed by atoms with Gasteiger partial charge in [-0.25, -0.2) is 4.79 Å². The van der Waals surface area contributed by atoms with Crippen LogP contribution in [0.5, 0.6) is 11.5 Å². The molecule has 2 unspecified atom stereocenters. The van der Waals surface area contributed by atoms with Crippen LogP contribution in [0.4, 0.5) is 5.69 Å². The van der Waals surface area contributed by atoms with Crippen LogP contribution in [0.1, 0.15) is 56.6 Å².